The van der Waals surface area contributed by atoms with Gasteiger partial charge in [0, 0.05) is 24.7 Å². The molecule has 2 aromatic rings. The van der Waals surface area contributed by atoms with E-state index in [0.717, 1.165) is 16.5 Å². The van der Waals surface area contributed by atoms with Gasteiger partial charge in [0.2, 0.25) is 0 Å². The van der Waals surface area contributed by atoms with Gasteiger partial charge < -0.3 is 19.8 Å². The number of hydrogen-bond acceptors (Lipinski definition) is 6. The maximum atomic E-state index is 9.64. The lowest BCUT2D eigenvalue weighted by Crippen LogP contribution is -2.54. The van der Waals surface area contributed by atoms with Crippen molar-refractivity contribution < 1.29 is 14.9 Å². The number of hydrogen-bond donors (Lipinski definition) is 2. The van der Waals surface area contributed by atoms with Crippen molar-refractivity contribution >= 4 is 22.1 Å². The van der Waals surface area contributed by atoms with E-state index in [1.54, 1.807) is 11.3 Å². The predicted octanol–water partition coefficient (Wildman–Crippen LogP) is 0.864. The van der Waals surface area contributed by atoms with Crippen molar-refractivity contribution in [1.82, 2.24) is 9.38 Å². The molecule has 1 aliphatic rings. The van der Waals surface area contributed by atoms with Crippen molar-refractivity contribution in [2.75, 3.05) is 24.6 Å². The molecule has 1 fully saturated rings. The van der Waals surface area contributed by atoms with Crippen LogP contribution >= 0.6 is 11.3 Å². The van der Waals surface area contributed by atoms with Crippen molar-refractivity contribution in [3.63, 3.8) is 0 Å². The Labute approximate surface area is 121 Å². The topological polar surface area (TPSA) is 70.2 Å². The van der Waals surface area contributed by atoms with Gasteiger partial charge in [-0.3, -0.25) is 4.40 Å². The van der Waals surface area contributed by atoms with Gasteiger partial charge in [-0.2, -0.15) is 0 Å². The molecule has 1 unspecified atom stereocenters. The molecule has 20 heavy (non-hydrogen) atoms. The lowest BCUT2D eigenvalue weighted by Gasteiger charge is -2.42. The summed E-state index contributed by atoms with van der Waals surface area (Å²) in [5.41, 5.74) is 0.436. The molecule has 6 nitrogen and oxygen atoms in total. The van der Waals surface area contributed by atoms with Gasteiger partial charge in [0.1, 0.15) is 0 Å². The minimum Gasteiger partial charge on any atom is -0.394 e. The number of rotatable bonds is 3. The van der Waals surface area contributed by atoms with E-state index in [4.69, 9.17) is 4.74 Å². The van der Waals surface area contributed by atoms with E-state index in [1.807, 2.05) is 29.8 Å². The van der Waals surface area contributed by atoms with E-state index < -0.39 is 0 Å². The Balaban J connectivity index is 1.98. The molecule has 1 saturated heterocycles. The average molecular weight is 297 g/mol. The highest BCUT2D eigenvalue weighted by Crippen LogP contribution is 2.30. The van der Waals surface area contributed by atoms with Crippen LogP contribution in [0.25, 0.3) is 4.96 Å². The van der Waals surface area contributed by atoms with Crippen molar-refractivity contribution in [2.45, 2.75) is 32.2 Å². The molecule has 0 aromatic carbocycles. The molecule has 1 aliphatic heterocycles. The smallest absolute Gasteiger partial charge is 0.195 e. The Morgan fingerprint density at radius 1 is 1.50 bits per heavy atom. The van der Waals surface area contributed by atoms with Crippen LogP contribution < -0.4 is 4.90 Å². The fourth-order valence-corrected chi connectivity index (χ4v) is 3.50. The molecule has 0 radical (unpaired) electrons. The van der Waals surface area contributed by atoms with E-state index >= 15 is 0 Å². The summed E-state index contributed by atoms with van der Waals surface area (Å²) >= 11 is 1.54. The average Bonchev–Trinajstić information content (AvgIpc) is 2.96. The number of fused-ring (bicyclic) bond motifs is 1. The molecule has 7 heteroatoms. The third-order valence-electron chi connectivity index (χ3n) is 3.47. The number of anilines is 1. The lowest BCUT2D eigenvalue weighted by molar-refractivity contribution is -0.101. The molecule has 3 heterocycles. The summed E-state index contributed by atoms with van der Waals surface area (Å²) in [6.45, 7) is 5.18. The molecule has 110 valence electrons. The van der Waals surface area contributed by atoms with Gasteiger partial charge in [-0.15, -0.1) is 11.3 Å². The zero-order chi connectivity index (χ0) is 14.3. The van der Waals surface area contributed by atoms with Gasteiger partial charge in [0.05, 0.1) is 30.6 Å². The van der Waals surface area contributed by atoms with Gasteiger partial charge in [-0.05, 0) is 13.8 Å². The van der Waals surface area contributed by atoms with Gasteiger partial charge in [-0.1, -0.05) is 0 Å². The Hall–Kier alpha value is -1.15. The molecule has 0 amide bonds. The Kier molecular flexibility index (Phi) is 3.45. The number of ether oxygens (including phenoxy) is 1. The van der Waals surface area contributed by atoms with Gasteiger partial charge in [0.25, 0.3) is 0 Å². The summed E-state index contributed by atoms with van der Waals surface area (Å²) in [6, 6.07) is 0. The molecular formula is C13H19N3O3S. The Morgan fingerprint density at radius 3 is 3.00 bits per heavy atom. The first-order valence-corrected chi connectivity index (χ1v) is 7.51. The van der Waals surface area contributed by atoms with Gasteiger partial charge in [-0.25, -0.2) is 4.98 Å². The maximum absolute atomic E-state index is 9.64. The first-order valence-electron chi connectivity index (χ1n) is 6.63. The van der Waals surface area contributed by atoms with Crippen molar-refractivity contribution in [3.8, 4) is 0 Å². The van der Waals surface area contributed by atoms with Crippen LogP contribution in [0.15, 0.2) is 11.6 Å². The van der Waals surface area contributed by atoms with Gasteiger partial charge in [0.15, 0.2) is 10.8 Å². The Bertz CT molecular complexity index is 607. The summed E-state index contributed by atoms with van der Waals surface area (Å²) < 4.78 is 7.73. The summed E-state index contributed by atoms with van der Waals surface area (Å²) in [4.78, 5) is 7.57. The zero-order valence-electron chi connectivity index (χ0n) is 11.6. The van der Waals surface area contributed by atoms with Crippen LogP contribution in [0, 0.1) is 0 Å². The monoisotopic (exact) mass is 297 g/mol. The molecule has 0 saturated carbocycles. The number of aliphatic hydroxyl groups excluding tert-OH is 2. The second kappa shape index (κ2) is 5.00. The van der Waals surface area contributed by atoms with E-state index in [0.29, 0.717) is 13.1 Å². The van der Waals surface area contributed by atoms with Crippen LogP contribution in [0.3, 0.4) is 0 Å². The van der Waals surface area contributed by atoms with Crippen LogP contribution in [0.4, 0.5) is 5.82 Å². The number of thiazole rings is 1. The van der Waals surface area contributed by atoms with Crippen molar-refractivity contribution in [3.05, 3.63) is 17.3 Å². The van der Waals surface area contributed by atoms with Crippen LogP contribution in [0.5, 0.6) is 0 Å². The SMILES string of the molecule is CC1(C)CN(c2nc3sccn3c2CO)CC(CO)O1. The fraction of sp³-hybridized carbons (Fsp3) is 0.615. The lowest BCUT2D eigenvalue weighted by atomic mass is 10.1. The number of aromatic nitrogens is 2. The molecule has 0 spiro atoms. The molecule has 0 aliphatic carbocycles. The zero-order valence-corrected chi connectivity index (χ0v) is 12.4. The maximum Gasteiger partial charge on any atom is 0.195 e. The minimum atomic E-state index is -0.352. The number of nitrogens with zero attached hydrogens (tertiary/aromatic N) is 3. The van der Waals surface area contributed by atoms with E-state index in [2.05, 4.69) is 9.88 Å². The summed E-state index contributed by atoms with van der Waals surface area (Å²) in [6.07, 6.45) is 1.68. The van der Waals surface area contributed by atoms with E-state index in [9.17, 15) is 10.2 Å². The highest BCUT2D eigenvalue weighted by atomic mass is 32.1. The van der Waals surface area contributed by atoms with Crippen molar-refractivity contribution in [1.29, 1.82) is 0 Å². The second-order valence-corrected chi connectivity index (χ2v) is 6.53. The quantitative estimate of drug-likeness (QED) is 0.879. The second-order valence-electron chi connectivity index (χ2n) is 5.66. The number of imidazole rings is 1. The third kappa shape index (κ3) is 2.31. The fourth-order valence-electron chi connectivity index (χ4n) is 2.77. The number of morpholine rings is 1. The van der Waals surface area contributed by atoms with Gasteiger partial charge >= 0.3 is 0 Å². The standard InChI is InChI=1S/C13H19N3O3S/c1-13(2)8-15(5-9(6-17)19-13)11-10(7-18)16-3-4-20-12(16)14-11/h3-4,9,17-18H,5-8H2,1-2H3. The predicted molar refractivity (Wildman–Crippen MR) is 77.2 cm³/mol. The highest BCUT2D eigenvalue weighted by Gasteiger charge is 2.35. The summed E-state index contributed by atoms with van der Waals surface area (Å²) in [5, 5.41) is 21.0. The van der Waals surface area contributed by atoms with Crippen molar-refractivity contribution in [2.24, 2.45) is 0 Å². The molecule has 0 bridgehead atoms. The first-order chi connectivity index (χ1) is 9.54. The van der Waals surface area contributed by atoms with Crippen LogP contribution in [0.2, 0.25) is 0 Å². The van der Waals surface area contributed by atoms with Crippen LogP contribution in [-0.4, -0.2) is 51.0 Å². The largest absolute Gasteiger partial charge is 0.394 e. The summed E-state index contributed by atoms with van der Waals surface area (Å²) in [5.74, 6) is 0.786. The Morgan fingerprint density at radius 2 is 2.30 bits per heavy atom. The first kappa shape index (κ1) is 13.8. The summed E-state index contributed by atoms with van der Waals surface area (Å²) in [7, 11) is 0. The molecule has 2 aromatic heterocycles. The minimum absolute atomic E-state index is 0.0173. The van der Waals surface area contributed by atoms with Crippen LogP contribution in [-0.2, 0) is 11.3 Å². The van der Waals surface area contributed by atoms with E-state index in [-0.39, 0.29) is 24.9 Å². The van der Waals surface area contributed by atoms with Crippen LogP contribution in [0.1, 0.15) is 19.5 Å². The highest BCUT2D eigenvalue weighted by molar-refractivity contribution is 7.15. The molecule has 3 rings (SSSR count). The van der Waals surface area contributed by atoms with E-state index in [1.165, 1.54) is 0 Å². The molecule has 1 atom stereocenters. The molecule has 2 N–H and O–H groups in total. The molecular weight excluding hydrogens is 278 g/mol. The normalized spacial score (nSPS) is 22.6. The number of aliphatic hydroxyl groups is 2. The third-order valence-corrected chi connectivity index (χ3v) is 4.23.